The third-order valence-electron chi connectivity index (χ3n) is 3.52. The largest absolute Gasteiger partial charge is 0.330 e. The molecule has 4 nitrogen and oxygen atoms in total. The first-order chi connectivity index (χ1) is 9.90. The van der Waals surface area contributed by atoms with E-state index >= 15 is 0 Å². The molecule has 0 aliphatic carbocycles. The van der Waals surface area contributed by atoms with E-state index in [-0.39, 0.29) is 17.5 Å². The monoisotopic (exact) mass is 296 g/mol. The van der Waals surface area contributed by atoms with Crippen molar-refractivity contribution < 1.29 is 18.4 Å². The van der Waals surface area contributed by atoms with E-state index in [1.54, 1.807) is 13.8 Å². The first-order valence-electron chi connectivity index (χ1n) is 6.96. The molecule has 1 aliphatic heterocycles. The standard InChI is InChI=1S/C15H18F2N2O2/c1-9(2)15(21)19-7-3-4-13(19)14(20)18-12-8-10(16)5-6-11(12)17/h5-6,8-9,13H,3-4,7H2,1-2H3,(H,18,20). The number of hydrogen-bond acceptors (Lipinski definition) is 2. The van der Waals surface area contributed by atoms with Crippen LogP contribution in [0.25, 0.3) is 0 Å². The van der Waals surface area contributed by atoms with E-state index in [9.17, 15) is 18.4 Å². The van der Waals surface area contributed by atoms with Gasteiger partial charge in [-0.1, -0.05) is 13.8 Å². The smallest absolute Gasteiger partial charge is 0.247 e. The molecule has 0 saturated carbocycles. The molecule has 114 valence electrons. The van der Waals surface area contributed by atoms with Gasteiger partial charge < -0.3 is 10.2 Å². The van der Waals surface area contributed by atoms with Gasteiger partial charge in [-0.3, -0.25) is 9.59 Å². The Bertz CT molecular complexity index is 561. The van der Waals surface area contributed by atoms with Gasteiger partial charge in [-0.25, -0.2) is 8.78 Å². The van der Waals surface area contributed by atoms with Gasteiger partial charge in [0.1, 0.15) is 17.7 Å². The Hall–Kier alpha value is -1.98. The average Bonchev–Trinajstić information content (AvgIpc) is 2.91. The lowest BCUT2D eigenvalue weighted by Gasteiger charge is -2.25. The predicted octanol–water partition coefficient (Wildman–Crippen LogP) is 2.55. The summed E-state index contributed by atoms with van der Waals surface area (Å²) < 4.78 is 26.6. The molecule has 1 aromatic carbocycles. The Morgan fingerprint density at radius 1 is 1.33 bits per heavy atom. The lowest BCUT2D eigenvalue weighted by Crippen LogP contribution is -2.44. The van der Waals surface area contributed by atoms with Crippen LogP contribution in [0.2, 0.25) is 0 Å². The van der Waals surface area contributed by atoms with Crippen LogP contribution >= 0.6 is 0 Å². The molecular formula is C15H18F2N2O2. The Balaban J connectivity index is 2.12. The summed E-state index contributed by atoms with van der Waals surface area (Å²) in [5, 5.41) is 2.37. The second-order valence-corrected chi connectivity index (χ2v) is 5.46. The number of likely N-dealkylation sites (tertiary alicyclic amines) is 1. The Labute approximate surface area is 122 Å². The van der Waals surface area contributed by atoms with Gasteiger partial charge in [-0.15, -0.1) is 0 Å². The maximum absolute atomic E-state index is 13.5. The molecule has 1 aromatic rings. The van der Waals surface area contributed by atoms with E-state index in [1.165, 1.54) is 4.90 Å². The van der Waals surface area contributed by atoms with Crippen molar-refractivity contribution in [3.63, 3.8) is 0 Å². The molecule has 6 heteroatoms. The van der Waals surface area contributed by atoms with E-state index in [1.807, 2.05) is 0 Å². The van der Waals surface area contributed by atoms with Crippen molar-refractivity contribution in [1.29, 1.82) is 0 Å². The predicted molar refractivity (Wildman–Crippen MR) is 74.6 cm³/mol. The number of carbonyl (C=O) groups is 2. The van der Waals surface area contributed by atoms with Crippen molar-refractivity contribution in [2.45, 2.75) is 32.7 Å². The fourth-order valence-electron chi connectivity index (χ4n) is 2.44. The van der Waals surface area contributed by atoms with Crippen molar-refractivity contribution in [3.8, 4) is 0 Å². The van der Waals surface area contributed by atoms with Crippen LogP contribution in [-0.2, 0) is 9.59 Å². The molecule has 2 rings (SSSR count). The van der Waals surface area contributed by atoms with E-state index in [0.717, 1.165) is 24.6 Å². The van der Waals surface area contributed by atoms with E-state index < -0.39 is 23.6 Å². The minimum atomic E-state index is -0.704. The second-order valence-electron chi connectivity index (χ2n) is 5.46. The van der Waals surface area contributed by atoms with Gasteiger partial charge in [0.05, 0.1) is 5.69 Å². The summed E-state index contributed by atoms with van der Waals surface area (Å²) in [6.07, 6.45) is 1.25. The summed E-state index contributed by atoms with van der Waals surface area (Å²) in [4.78, 5) is 25.8. The quantitative estimate of drug-likeness (QED) is 0.932. The summed E-state index contributed by atoms with van der Waals surface area (Å²) in [6, 6.07) is 2.24. The Kier molecular flexibility index (Phi) is 4.55. The van der Waals surface area contributed by atoms with Gasteiger partial charge in [0.25, 0.3) is 0 Å². The van der Waals surface area contributed by atoms with E-state index in [2.05, 4.69) is 5.32 Å². The number of benzene rings is 1. The minimum Gasteiger partial charge on any atom is -0.330 e. The van der Waals surface area contributed by atoms with Crippen LogP contribution in [0.4, 0.5) is 14.5 Å². The number of nitrogens with one attached hydrogen (secondary N) is 1. The number of halogens is 2. The van der Waals surface area contributed by atoms with Crippen molar-refractivity contribution in [3.05, 3.63) is 29.8 Å². The van der Waals surface area contributed by atoms with Gasteiger partial charge in [-0.05, 0) is 25.0 Å². The Morgan fingerprint density at radius 2 is 2.05 bits per heavy atom. The van der Waals surface area contributed by atoms with Crippen LogP contribution in [-0.4, -0.2) is 29.3 Å². The van der Waals surface area contributed by atoms with Gasteiger partial charge in [0.15, 0.2) is 0 Å². The first-order valence-corrected chi connectivity index (χ1v) is 6.96. The SMILES string of the molecule is CC(C)C(=O)N1CCCC1C(=O)Nc1cc(F)ccc1F. The third-order valence-corrected chi connectivity index (χ3v) is 3.52. The lowest BCUT2D eigenvalue weighted by molar-refractivity contribution is -0.139. The summed E-state index contributed by atoms with van der Waals surface area (Å²) >= 11 is 0. The van der Waals surface area contributed by atoms with Crippen molar-refractivity contribution in [1.82, 2.24) is 4.90 Å². The summed E-state index contributed by atoms with van der Waals surface area (Å²) in [7, 11) is 0. The Morgan fingerprint density at radius 3 is 2.71 bits per heavy atom. The van der Waals surface area contributed by atoms with Gasteiger partial charge in [0, 0.05) is 18.5 Å². The van der Waals surface area contributed by atoms with Gasteiger partial charge in [-0.2, -0.15) is 0 Å². The van der Waals surface area contributed by atoms with E-state index in [0.29, 0.717) is 13.0 Å². The molecule has 1 saturated heterocycles. The molecule has 2 amide bonds. The zero-order chi connectivity index (χ0) is 15.6. The molecule has 1 heterocycles. The maximum Gasteiger partial charge on any atom is 0.247 e. The highest BCUT2D eigenvalue weighted by molar-refractivity contribution is 5.97. The van der Waals surface area contributed by atoms with Crippen LogP contribution < -0.4 is 5.32 Å². The number of amides is 2. The van der Waals surface area contributed by atoms with Gasteiger partial charge >= 0.3 is 0 Å². The number of rotatable bonds is 3. The summed E-state index contributed by atoms with van der Waals surface area (Å²) in [6.45, 7) is 4.05. The minimum absolute atomic E-state index is 0.104. The van der Waals surface area contributed by atoms with Crippen molar-refractivity contribution in [2.24, 2.45) is 5.92 Å². The highest BCUT2D eigenvalue weighted by Crippen LogP contribution is 2.22. The molecule has 1 aliphatic rings. The molecule has 1 atom stereocenters. The average molecular weight is 296 g/mol. The fraction of sp³-hybridized carbons (Fsp3) is 0.467. The van der Waals surface area contributed by atoms with Crippen molar-refractivity contribution in [2.75, 3.05) is 11.9 Å². The van der Waals surface area contributed by atoms with Crippen molar-refractivity contribution >= 4 is 17.5 Å². The molecule has 1 fully saturated rings. The maximum atomic E-state index is 13.5. The molecule has 0 spiro atoms. The molecule has 0 aromatic heterocycles. The summed E-state index contributed by atoms with van der Waals surface area (Å²) in [5.74, 6) is -2.12. The van der Waals surface area contributed by atoms with Crippen LogP contribution in [0, 0.1) is 17.6 Å². The molecule has 0 bridgehead atoms. The number of nitrogens with zero attached hydrogens (tertiary/aromatic N) is 1. The molecular weight excluding hydrogens is 278 g/mol. The third kappa shape index (κ3) is 3.37. The number of hydrogen-bond donors (Lipinski definition) is 1. The van der Waals surface area contributed by atoms with Crippen LogP contribution in [0.5, 0.6) is 0 Å². The highest BCUT2D eigenvalue weighted by atomic mass is 19.1. The highest BCUT2D eigenvalue weighted by Gasteiger charge is 2.35. The second kappa shape index (κ2) is 6.20. The molecule has 1 N–H and O–H groups in total. The molecule has 21 heavy (non-hydrogen) atoms. The number of carbonyl (C=O) groups excluding carboxylic acids is 2. The normalized spacial score (nSPS) is 18.1. The van der Waals surface area contributed by atoms with Crippen LogP contribution in [0.15, 0.2) is 18.2 Å². The number of anilines is 1. The fourth-order valence-corrected chi connectivity index (χ4v) is 2.44. The zero-order valence-electron chi connectivity index (χ0n) is 12.0. The zero-order valence-corrected chi connectivity index (χ0v) is 12.0. The summed E-state index contributed by atoms with van der Waals surface area (Å²) in [5.41, 5.74) is -0.205. The van der Waals surface area contributed by atoms with E-state index in [4.69, 9.17) is 0 Å². The van der Waals surface area contributed by atoms with Crippen LogP contribution in [0.3, 0.4) is 0 Å². The topological polar surface area (TPSA) is 49.4 Å². The molecule has 1 unspecified atom stereocenters. The van der Waals surface area contributed by atoms with Crippen LogP contribution in [0.1, 0.15) is 26.7 Å². The molecule has 0 radical (unpaired) electrons. The van der Waals surface area contributed by atoms with Gasteiger partial charge in [0.2, 0.25) is 11.8 Å². The first kappa shape index (κ1) is 15.4. The lowest BCUT2D eigenvalue weighted by atomic mass is 10.1.